The number of nitrogens with two attached hydrogens (primary N) is 1. The van der Waals surface area contributed by atoms with E-state index in [1.807, 2.05) is 18.2 Å². The summed E-state index contributed by atoms with van der Waals surface area (Å²) in [6.45, 7) is 9.45. The lowest BCUT2D eigenvalue weighted by Gasteiger charge is -2.17. The number of aromatic nitrogens is 1. The second-order valence-corrected chi connectivity index (χ2v) is 9.10. The Bertz CT molecular complexity index is 1010. The zero-order valence-corrected chi connectivity index (χ0v) is 21.2. The molecule has 0 amide bonds. The van der Waals surface area contributed by atoms with E-state index in [4.69, 9.17) is 15.2 Å². The van der Waals surface area contributed by atoms with E-state index in [1.165, 1.54) is 36.8 Å². The number of fused-ring (bicyclic) bond motifs is 1. The summed E-state index contributed by atoms with van der Waals surface area (Å²) in [5.41, 5.74) is 9.74. The van der Waals surface area contributed by atoms with Gasteiger partial charge in [-0.05, 0) is 64.3 Å². The third-order valence-corrected chi connectivity index (χ3v) is 5.83. The van der Waals surface area contributed by atoms with Gasteiger partial charge in [0, 0.05) is 18.1 Å². The summed E-state index contributed by atoms with van der Waals surface area (Å²) in [4.78, 5) is 13.1. The molecule has 2 rings (SSSR count). The number of nitrogen functional groups attached to an aromatic ring is 1. The summed E-state index contributed by atoms with van der Waals surface area (Å²) in [5, 5.41) is 0.833. The fraction of sp³-hybridized carbons (Fsp3) is 0.536. The van der Waals surface area contributed by atoms with Gasteiger partial charge in [-0.15, -0.1) is 0 Å². The lowest BCUT2D eigenvalue weighted by atomic mass is 10.1. The maximum atomic E-state index is 13.1. The van der Waals surface area contributed by atoms with Crippen molar-refractivity contribution < 1.29 is 9.47 Å². The van der Waals surface area contributed by atoms with Gasteiger partial charge in [-0.25, -0.2) is 0 Å². The van der Waals surface area contributed by atoms with E-state index in [9.17, 15) is 4.79 Å². The van der Waals surface area contributed by atoms with Crippen LogP contribution >= 0.6 is 0 Å². The van der Waals surface area contributed by atoms with E-state index in [2.05, 4.69) is 39.8 Å². The molecule has 182 valence electrons. The molecule has 0 fully saturated rings. The quantitative estimate of drug-likeness (QED) is 0.191. The highest BCUT2D eigenvalue weighted by Gasteiger charge is 2.18. The summed E-state index contributed by atoms with van der Waals surface area (Å²) >= 11 is 0. The van der Waals surface area contributed by atoms with Crippen molar-refractivity contribution in [3.63, 3.8) is 0 Å². The molecule has 0 radical (unpaired) electrons. The summed E-state index contributed by atoms with van der Waals surface area (Å²) in [7, 11) is 1.75. The van der Waals surface area contributed by atoms with E-state index in [0.717, 1.165) is 36.6 Å². The van der Waals surface area contributed by atoms with E-state index >= 15 is 0 Å². The summed E-state index contributed by atoms with van der Waals surface area (Å²) in [6.07, 6.45) is 13.3. The molecular weight excluding hydrogens is 412 g/mol. The van der Waals surface area contributed by atoms with Crippen LogP contribution in [0.4, 0.5) is 5.69 Å². The van der Waals surface area contributed by atoms with Crippen LogP contribution < -0.4 is 20.8 Å². The van der Waals surface area contributed by atoms with Gasteiger partial charge in [0.25, 0.3) is 5.56 Å². The van der Waals surface area contributed by atoms with Gasteiger partial charge in [0.1, 0.15) is 6.61 Å². The Kier molecular flexibility index (Phi) is 11.1. The molecule has 0 aliphatic heterocycles. The van der Waals surface area contributed by atoms with Gasteiger partial charge >= 0.3 is 0 Å². The van der Waals surface area contributed by atoms with Crippen LogP contribution in [0.1, 0.15) is 79.1 Å². The highest BCUT2D eigenvalue weighted by atomic mass is 16.5. The average molecular weight is 455 g/mol. The Balaban J connectivity index is 2.20. The van der Waals surface area contributed by atoms with E-state index < -0.39 is 0 Å². The number of anilines is 1. The largest absolute Gasteiger partial charge is 0.485 e. The van der Waals surface area contributed by atoms with Crippen LogP contribution in [-0.2, 0) is 7.05 Å². The first kappa shape index (κ1) is 26.6. The van der Waals surface area contributed by atoms with Crippen LogP contribution in [0.3, 0.4) is 0 Å². The SMILES string of the molecule is CCCCCCCCOc1c(OC/C=C(\C)CCC=C(C)C)c2ccc(N)cc2n(C)c1=O. The van der Waals surface area contributed by atoms with Crippen LogP contribution in [0.25, 0.3) is 10.9 Å². The molecule has 0 bridgehead atoms. The molecule has 1 aromatic heterocycles. The minimum atomic E-state index is -0.196. The number of nitrogens with zero attached hydrogens (tertiary/aromatic N) is 1. The van der Waals surface area contributed by atoms with Crippen molar-refractivity contribution in [2.24, 2.45) is 7.05 Å². The number of benzene rings is 1. The van der Waals surface area contributed by atoms with Crippen molar-refractivity contribution >= 4 is 16.6 Å². The molecule has 2 aromatic rings. The van der Waals surface area contributed by atoms with Gasteiger partial charge in [-0.1, -0.05) is 56.3 Å². The Morgan fingerprint density at radius 2 is 1.73 bits per heavy atom. The van der Waals surface area contributed by atoms with Crippen LogP contribution in [0.2, 0.25) is 0 Å². The van der Waals surface area contributed by atoms with Crippen LogP contribution in [0, 0.1) is 0 Å². The zero-order valence-electron chi connectivity index (χ0n) is 21.2. The van der Waals surface area contributed by atoms with Gasteiger partial charge in [0.2, 0.25) is 5.75 Å². The minimum Gasteiger partial charge on any atom is -0.485 e. The predicted octanol–water partition coefficient (Wildman–Crippen LogP) is 6.93. The lowest BCUT2D eigenvalue weighted by molar-refractivity contribution is 0.272. The number of ether oxygens (including phenoxy) is 2. The fourth-order valence-electron chi connectivity index (χ4n) is 3.78. The van der Waals surface area contributed by atoms with Gasteiger partial charge < -0.3 is 19.8 Å². The van der Waals surface area contributed by atoms with Gasteiger partial charge in [-0.3, -0.25) is 4.79 Å². The minimum absolute atomic E-state index is 0.196. The summed E-state index contributed by atoms with van der Waals surface area (Å²) in [6, 6.07) is 5.54. The third kappa shape index (κ3) is 8.30. The number of hydrogen-bond donors (Lipinski definition) is 1. The molecule has 0 spiro atoms. The Hall–Kier alpha value is -2.69. The molecule has 0 atom stereocenters. The van der Waals surface area contributed by atoms with Gasteiger partial charge in [0.15, 0.2) is 5.75 Å². The molecular formula is C28H42N2O3. The molecule has 0 saturated carbocycles. The molecule has 5 heteroatoms. The first-order valence-electron chi connectivity index (χ1n) is 12.3. The molecule has 1 aromatic carbocycles. The van der Waals surface area contributed by atoms with E-state index in [1.54, 1.807) is 11.6 Å². The molecule has 2 N–H and O–H groups in total. The van der Waals surface area contributed by atoms with Crippen molar-refractivity contribution in [3.05, 3.63) is 51.9 Å². The van der Waals surface area contributed by atoms with Crippen LogP contribution in [0.5, 0.6) is 11.5 Å². The third-order valence-electron chi connectivity index (χ3n) is 5.83. The van der Waals surface area contributed by atoms with Crippen molar-refractivity contribution in [2.45, 2.75) is 79.1 Å². The highest BCUT2D eigenvalue weighted by Crippen LogP contribution is 2.33. The lowest BCUT2D eigenvalue weighted by Crippen LogP contribution is -2.21. The second kappa shape index (κ2) is 13.8. The maximum absolute atomic E-state index is 13.1. The monoisotopic (exact) mass is 454 g/mol. The molecule has 0 aliphatic carbocycles. The van der Waals surface area contributed by atoms with Crippen molar-refractivity contribution in [2.75, 3.05) is 18.9 Å². The molecule has 0 unspecified atom stereocenters. The van der Waals surface area contributed by atoms with Crippen molar-refractivity contribution in [1.82, 2.24) is 4.57 Å². The highest BCUT2D eigenvalue weighted by molar-refractivity contribution is 5.90. The maximum Gasteiger partial charge on any atom is 0.297 e. The first-order valence-corrected chi connectivity index (χ1v) is 12.3. The topological polar surface area (TPSA) is 66.5 Å². The van der Waals surface area contributed by atoms with Gasteiger partial charge in [-0.2, -0.15) is 0 Å². The number of hydrogen-bond acceptors (Lipinski definition) is 4. The molecule has 0 saturated heterocycles. The van der Waals surface area contributed by atoms with Crippen molar-refractivity contribution in [1.29, 1.82) is 0 Å². The summed E-state index contributed by atoms with van der Waals surface area (Å²) in [5.74, 6) is 0.798. The number of rotatable bonds is 14. The first-order chi connectivity index (χ1) is 15.8. The second-order valence-electron chi connectivity index (χ2n) is 9.10. The molecule has 33 heavy (non-hydrogen) atoms. The van der Waals surface area contributed by atoms with Crippen molar-refractivity contribution in [3.8, 4) is 11.5 Å². The molecule has 1 heterocycles. The number of aryl methyl sites for hydroxylation is 1. The predicted molar refractivity (Wildman–Crippen MR) is 140 cm³/mol. The van der Waals surface area contributed by atoms with E-state index in [-0.39, 0.29) is 5.56 Å². The Morgan fingerprint density at radius 1 is 1.00 bits per heavy atom. The fourth-order valence-corrected chi connectivity index (χ4v) is 3.78. The van der Waals surface area contributed by atoms with Crippen LogP contribution in [-0.4, -0.2) is 17.8 Å². The molecule has 5 nitrogen and oxygen atoms in total. The van der Waals surface area contributed by atoms with E-state index in [0.29, 0.717) is 30.4 Å². The standard InChI is InChI=1S/C28H42N2O3/c1-6-7-8-9-10-11-18-32-27-26(33-19-17-22(4)14-12-13-21(2)3)24-16-15-23(29)20-25(24)30(5)28(27)31/h13,15-17,20H,6-12,14,18-19,29H2,1-5H3/b22-17+. The Morgan fingerprint density at radius 3 is 2.45 bits per heavy atom. The number of unbranched alkanes of at least 4 members (excludes halogenated alkanes) is 5. The molecule has 0 aliphatic rings. The number of pyridine rings is 1. The zero-order chi connectivity index (χ0) is 24.2. The normalized spacial score (nSPS) is 11.6. The number of allylic oxidation sites excluding steroid dienone is 3. The average Bonchev–Trinajstić information content (AvgIpc) is 2.77. The Labute approximate surface area is 199 Å². The summed E-state index contributed by atoms with van der Waals surface area (Å²) < 4.78 is 13.8. The van der Waals surface area contributed by atoms with Crippen LogP contribution in [0.15, 0.2) is 46.3 Å². The smallest absolute Gasteiger partial charge is 0.297 e. The van der Waals surface area contributed by atoms with Gasteiger partial charge in [0.05, 0.1) is 12.1 Å².